The number of sulfonamides is 1. The molecule has 0 aliphatic rings. The quantitative estimate of drug-likeness (QED) is 0.539. The van der Waals surface area contributed by atoms with Crippen molar-refractivity contribution in [3.05, 3.63) is 29.8 Å². The minimum absolute atomic E-state index is 0.0123. The number of ether oxygens (including phenoxy) is 2. The van der Waals surface area contributed by atoms with E-state index in [4.69, 9.17) is 21.1 Å². The molecule has 0 unspecified atom stereocenters. The molecule has 0 aliphatic heterocycles. The third-order valence-corrected chi connectivity index (χ3v) is 4.61. The SMILES string of the molecule is CCCCOC[C@H](CCl)OC(=O)NS(=O)(=O)c1ccc(C)cc1. The van der Waals surface area contributed by atoms with Gasteiger partial charge in [0, 0.05) is 6.61 Å². The Morgan fingerprint density at radius 3 is 2.52 bits per heavy atom. The standard InChI is InChI=1S/C15H22ClNO5S/c1-3-4-9-21-11-13(10-16)22-15(18)17-23(19,20)14-7-5-12(2)6-8-14/h5-8,13H,3-4,9-11H2,1-2H3,(H,17,18)/t13-/m0/s1. The van der Waals surface area contributed by atoms with E-state index in [2.05, 4.69) is 0 Å². The third-order valence-electron chi connectivity index (χ3n) is 2.94. The zero-order valence-electron chi connectivity index (χ0n) is 13.2. The van der Waals surface area contributed by atoms with Gasteiger partial charge in [-0.2, -0.15) is 0 Å². The van der Waals surface area contributed by atoms with Crippen LogP contribution in [0.4, 0.5) is 4.79 Å². The molecule has 130 valence electrons. The number of unbranched alkanes of at least 4 members (excludes halogenated alkanes) is 1. The molecule has 1 rings (SSSR count). The highest BCUT2D eigenvalue weighted by atomic mass is 35.5. The molecule has 0 bridgehead atoms. The van der Waals surface area contributed by atoms with Crippen molar-refractivity contribution in [3.8, 4) is 0 Å². The lowest BCUT2D eigenvalue weighted by atomic mass is 10.2. The average molecular weight is 364 g/mol. The Hall–Kier alpha value is -1.31. The number of carbonyl (C=O) groups is 1. The second-order valence-electron chi connectivity index (χ2n) is 5.03. The number of rotatable bonds is 9. The van der Waals surface area contributed by atoms with Gasteiger partial charge in [0.2, 0.25) is 0 Å². The van der Waals surface area contributed by atoms with Gasteiger partial charge in [0.15, 0.2) is 0 Å². The van der Waals surface area contributed by atoms with E-state index in [0.717, 1.165) is 18.4 Å². The Balaban J connectivity index is 2.54. The van der Waals surface area contributed by atoms with Crippen molar-refractivity contribution in [1.29, 1.82) is 0 Å². The maximum Gasteiger partial charge on any atom is 0.421 e. The van der Waals surface area contributed by atoms with Crippen LogP contribution in [-0.2, 0) is 19.5 Å². The first-order chi connectivity index (χ1) is 10.9. The summed E-state index contributed by atoms with van der Waals surface area (Å²) in [6.45, 7) is 4.53. The zero-order chi connectivity index (χ0) is 17.3. The van der Waals surface area contributed by atoms with Gasteiger partial charge in [-0.25, -0.2) is 17.9 Å². The second-order valence-corrected chi connectivity index (χ2v) is 7.02. The summed E-state index contributed by atoms with van der Waals surface area (Å²) in [5.74, 6) is 0.0180. The van der Waals surface area contributed by atoms with Crippen molar-refractivity contribution in [1.82, 2.24) is 4.72 Å². The molecule has 0 aromatic heterocycles. The van der Waals surface area contributed by atoms with Crippen molar-refractivity contribution in [2.24, 2.45) is 0 Å². The summed E-state index contributed by atoms with van der Waals surface area (Å²) in [6, 6.07) is 6.11. The second kappa shape index (κ2) is 9.75. The lowest BCUT2D eigenvalue weighted by molar-refractivity contribution is 0.0313. The third kappa shape index (κ3) is 7.20. The summed E-state index contributed by atoms with van der Waals surface area (Å²) in [5.41, 5.74) is 0.915. The monoisotopic (exact) mass is 363 g/mol. The fourth-order valence-corrected chi connectivity index (χ4v) is 2.66. The molecule has 0 saturated heterocycles. The van der Waals surface area contributed by atoms with E-state index in [0.29, 0.717) is 6.61 Å². The molecule has 23 heavy (non-hydrogen) atoms. The van der Waals surface area contributed by atoms with Crippen molar-refractivity contribution < 1.29 is 22.7 Å². The Kier molecular flexibility index (Phi) is 8.36. The van der Waals surface area contributed by atoms with E-state index in [1.807, 2.05) is 18.6 Å². The zero-order valence-corrected chi connectivity index (χ0v) is 14.8. The summed E-state index contributed by atoms with van der Waals surface area (Å²) >= 11 is 5.70. The predicted octanol–water partition coefficient (Wildman–Crippen LogP) is 2.83. The Morgan fingerprint density at radius 1 is 1.30 bits per heavy atom. The van der Waals surface area contributed by atoms with Crippen LogP contribution >= 0.6 is 11.6 Å². The molecule has 0 saturated carbocycles. The number of carbonyl (C=O) groups excluding carboxylic acids is 1. The van der Waals surface area contributed by atoms with Gasteiger partial charge in [-0.3, -0.25) is 0 Å². The molecule has 1 aromatic rings. The van der Waals surface area contributed by atoms with Crippen LogP contribution in [0.25, 0.3) is 0 Å². The number of hydrogen-bond acceptors (Lipinski definition) is 5. The normalized spacial score (nSPS) is 12.7. The van der Waals surface area contributed by atoms with Crippen LogP contribution in [0.5, 0.6) is 0 Å². The highest BCUT2D eigenvalue weighted by Crippen LogP contribution is 2.10. The molecule has 1 amide bonds. The van der Waals surface area contributed by atoms with Crippen molar-refractivity contribution in [3.63, 3.8) is 0 Å². The number of alkyl halides is 1. The summed E-state index contributed by atoms with van der Waals surface area (Å²) in [4.78, 5) is 11.7. The summed E-state index contributed by atoms with van der Waals surface area (Å²) in [7, 11) is -3.97. The van der Waals surface area contributed by atoms with Gasteiger partial charge in [0.25, 0.3) is 10.0 Å². The lowest BCUT2D eigenvalue weighted by Crippen LogP contribution is -2.36. The fourth-order valence-electron chi connectivity index (χ4n) is 1.63. The Morgan fingerprint density at radius 2 is 1.96 bits per heavy atom. The number of hydrogen-bond donors (Lipinski definition) is 1. The van der Waals surface area contributed by atoms with Crippen LogP contribution in [0.3, 0.4) is 0 Å². The first kappa shape index (κ1) is 19.7. The van der Waals surface area contributed by atoms with E-state index in [1.165, 1.54) is 12.1 Å². The van der Waals surface area contributed by atoms with Gasteiger partial charge in [0.1, 0.15) is 6.10 Å². The molecule has 8 heteroatoms. The number of aryl methyl sites for hydroxylation is 1. The van der Waals surface area contributed by atoms with Crippen LogP contribution in [0, 0.1) is 6.92 Å². The van der Waals surface area contributed by atoms with Crippen molar-refractivity contribution in [2.45, 2.75) is 37.7 Å². The van der Waals surface area contributed by atoms with Crippen LogP contribution in [0.15, 0.2) is 29.2 Å². The molecule has 0 fully saturated rings. The first-order valence-electron chi connectivity index (χ1n) is 7.33. The van der Waals surface area contributed by atoms with Crippen LogP contribution in [-0.4, -0.2) is 39.7 Å². The maximum atomic E-state index is 12.0. The van der Waals surface area contributed by atoms with Gasteiger partial charge >= 0.3 is 6.09 Å². The summed E-state index contributed by atoms with van der Waals surface area (Å²) < 4.78 is 36.2. The summed E-state index contributed by atoms with van der Waals surface area (Å²) in [6.07, 6.45) is 0.0991. The predicted molar refractivity (Wildman–Crippen MR) is 88.2 cm³/mol. The lowest BCUT2D eigenvalue weighted by Gasteiger charge is -2.16. The highest BCUT2D eigenvalue weighted by Gasteiger charge is 2.21. The van der Waals surface area contributed by atoms with E-state index in [1.54, 1.807) is 12.1 Å². The molecular weight excluding hydrogens is 342 g/mol. The van der Waals surface area contributed by atoms with E-state index in [-0.39, 0.29) is 17.4 Å². The number of benzene rings is 1. The van der Waals surface area contributed by atoms with Gasteiger partial charge in [-0.15, -0.1) is 11.6 Å². The van der Waals surface area contributed by atoms with E-state index < -0.39 is 22.2 Å². The molecular formula is C15H22ClNO5S. The molecule has 6 nitrogen and oxygen atoms in total. The van der Waals surface area contributed by atoms with E-state index >= 15 is 0 Å². The van der Waals surface area contributed by atoms with Crippen molar-refractivity contribution >= 4 is 27.7 Å². The van der Waals surface area contributed by atoms with Crippen LogP contribution in [0.2, 0.25) is 0 Å². The Labute approximate surface area is 142 Å². The van der Waals surface area contributed by atoms with Gasteiger partial charge in [-0.1, -0.05) is 31.0 Å². The number of amides is 1. The molecule has 1 N–H and O–H groups in total. The van der Waals surface area contributed by atoms with Crippen LogP contribution in [0.1, 0.15) is 25.3 Å². The first-order valence-corrected chi connectivity index (χ1v) is 9.34. The average Bonchev–Trinajstić information content (AvgIpc) is 2.50. The number of halogens is 1. The van der Waals surface area contributed by atoms with Crippen molar-refractivity contribution in [2.75, 3.05) is 19.1 Å². The topological polar surface area (TPSA) is 81.7 Å². The molecule has 0 aliphatic carbocycles. The Bertz CT molecular complexity index is 588. The smallest absolute Gasteiger partial charge is 0.421 e. The van der Waals surface area contributed by atoms with E-state index in [9.17, 15) is 13.2 Å². The molecule has 0 heterocycles. The maximum absolute atomic E-state index is 12.0. The number of nitrogens with one attached hydrogen (secondary N) is 1. The fraction of sp³-hybridized carbons (Fsp3) is 0.533. The minimum atomic E-state index is -3.97. The highest BCUT2D eigenvalue weighted by molar-refractivity contribution is 7.90. The van der Waals surface area contributed by atoms with Gasteiger partial charge < -0.3 is 9.47 Å². The molecule has 1 atom stereocenters. The van der Waals surface area contributed by atoms with Gasteiger partial charge in [-0.05, 0) is 25.5 Å². The summed E-state index contributed by atoms with van der Waals surface area (Å²) in [5, 5.41) is 0. The molecule has 0 spiro atoms. The molecule has 0 radical (unpaired) electrons. The molecule has 1 aromatic carbocycles. The largest absolute Gasteiger partial charge is 0.442 e. The van der Waals surface area contributed by atoms with Crippen LogP contribution < -0.4 is 4.72 Å². The minimum Gasteiger partial charge on any atom is -0.442 e. The van der Waals surface area contributed by atoms with Gasteiger partial charge in [0.05, 0.1) is 17.4 Å².